The molecule has 1 aliphatic heterocycles. The van der Waals surface area contributed by atoms with Gasteiger partial charge in [-0.1, -0.05) is 115 Å². The minimum absolute atomic E-state index is 0.0142. The molecule has 0 bridgehead atoms. The fourth-order valence-electron chi connectivity index (χ4n) is 7.50. The molecular weight excluding hydrogens is 723 g/mol. The molecule has 1 saturated heterocycles. The number of amides is 1. The lowest BCUT2D eigenvalue weighted by atomic mass is 9.80. The number of nitrogens with zero attached hydrogens (tertiary/aromatic N) is 1. The lowest BCUT2D eigenvalue weighted by Crippen LogP contribution is -2.39. The van der Waals surface area contributed by atoms with Gasteiger partial charge < -0.3 is 29.4 Å². The second-order valence-electron chi connectivity index (χ2n) is 13.9. The summed E-state index contributed by atoms with van der Waals surface area (Å²) in [5, 5.41) is 14.2. The summed E-state index contributed by atoms with van der Waals surface area (Å²) >= 11 is 0. The normalized spacial score (nSPS) is 16.7. The van der Waals surface area contributed by atoms with E-state index in [0.717, 1.165) is 32.4 Å². The van der Waals surface area contributed by atoms with Crippen molar-refractivity contribution in [1.82, 2.24) is 14.9 Å². The molecule has 2 heterocycles. The number of methoxy groups -OCH3 is 2. The topological polar surface area (TPSA) is 141 Å². The van der Waals surface area contributed by atoms with Crippen molar-refractivity contribution in [1.29, 1.82) is 0 Å². The van der Waals surface area contributed by atoms with Crippen LogP contribution in [-0.2, 0) is 15.1 Å². The number of carbonyl (C=O) groups is 1. The number of rotatable bonds is 15. The number of ether oxygens (including phenoxy) is 4. The van der Waals surface area contributed by atoms with Crippen molar-refractivity contribution in [3.63, 3.8) is 0 Å². The first-order chi connectivity index (χ1) is 27.8. The number of aliphatic hydroxyl groups excluding tert-OH is 1. The van der Waals surface area contributed by atoms with E-state index in [2.05, 4.69) is 10.3 Å². The number of aliphatic hydroxyl groups is 1. The Morgan fingerprint density at radius 2 is 1.30 bits per heavy atom. The van der Waals surface area contributed by atoms with Crippen LogP contribution < -0.4 is 26.0 Å². The third-order valence-corrected chi connectivity index (χ3v) is 10.5. The molecule has 1 fully saturated rings. The van der Waals surface area contributed by atoms with Crippen molar-refractivity contribution in [3.8, 4) is 11.5 Å². The third kappa shape index (κ3) is 8.46. The lowest BCUT2D eigenvalue weighted by molar-refractivity contribution is -0.0944. The first-order valence-electron chi connectivity index (χ1n) is 18.9. The lowest BCUT2D eigenvalue weighted by Gasteiger charge is -2.37. The maximum Gasteiger partial charge on any atom is 0.330 e. The second kappa shape index (κ2) is 17.7. The van der Waals surface area contributed by atoms with Gasteiger partial charge in [0.1, 0.15) is 35.0 Å². The molecule has 6 aromatic rings. The maximum absolute atomic E-state index is 13.5. The Bertz CT molecular complexity index is 2260. The standard InChI is InChI=1S/C46H45N3O8/c1-54-36-22-18-34(19-23-36)46(33-16-10-5-11-17-33,35-20-24-37(55-2)25-21-35)56-30-41-40(50)28-42(57-41)49-29-39(44(52)48-45(49)53)43(51)47-27-26-38(31-12-6-3-7-13-31)32-14-8-4-9-15-32/h3-25,29,38,40-42,50H,26-28,30H2,1-2H3,(H,47,51)(H,48,52,53)/t40-,41+,42+/m0/s1. The van der Waals surface area contributed by atoms with Crippen LogP contribution in [0.3, 0.4) is 0 Å². The minimum Gasteiger partial charge on any atom is -0.497 e. The number of H-pyrrole nitrogens is 1. The molecule has 11 nitrogen and oxygen atoms in total. The van der Waals surface area contributed by atoms with Gasteiger partial charge in [0.05, 0.1) is 26.9 Å². The van der Waals surface area contributed by atoms with Crippen molar-refractivity contribution in [2.24, 2.45) is 0 Å². The second-order valence-corrected chi connectivity index (χ2v) is 13.9. The molecule has 11 heteroatoms. The molecule has 3 N–H and O–H groups in total. The highest BCUT2D eigenvalue weighted by atomic mass is 16.6. The average Bonchev–Trinajstić information content (AvgIpc) is 3.63. The summed E-state index contributed by atoms with van der Waals surface area (Å²) in [5.41, 5.74) is 1.65. The molecule has 57 heavy (non-hydrogen) atoms. The first kappa shape index (κ1) is 39.0. The maximum atomic E-state index is 13.5. The van der Waals surface area contributed by atoms with Gasteiger partial charge >= 0.3 is 5.69 Å². The first-order valence-corrected chi connectivity index (χ1v) is 18.9. The van der Waals surface area contributed by atoms with Gasteiger partial charge in [-0.25, -0.2) is 4.79 Å². The highest BCUT2D eigenvalue weighted by molar-refractivity contribution is 5.93. The van der Waals surface area contributed by atoms with Crippen molar-refractivity contribution < 1.29 is 28.8 Å². The molecule has 0 unspecified atom stereocenters. The Hall–Kier alpha value is -6.27. The fraction of sp³-hybridized carbons (Fsp3) is 0.239. The van der Waals surface area contributed by atoms with E-state index in [0.29, 0.717) is 17.9 Å². The van der Waals surface area contributed by atoms with E-state index < -0.39 is 41.2 Å². The van der Waals surface area contributed by atoms with Crippen LogP contribution in [0.25, 0.3) is 0 Å². The predicted octanol–water partition coefficient (Wildman–Crippen LogP) is 6.16. The van der Waals surface area contributed by atoms with Crippen LogP contribution in [0.5, 0.6) is 11.5 Å². The Morgan fingerprint density at radius 3 is 1.82 bits per heavy atom. The summed E-state index contributed by atoms with van der Waals surface area (Å²) in [4.78, 5) is 41.8. The SMILES string of the molecule is COc1ccc(C(OC[C@H]2O[C@@H](n3cc(C(=O)NCCC(c4ccccc4)c4ccccc4)c(=O)[nH]c3=O)C[C@@H]2O)(c2ccccc2)c2ccc(OC)cc2)cc1. The molecular formula is C46H45N3O8. The number of carbonyl (C=O) groups excluding carboxylic acids is 1. The van der Waals surface area contributed by atoms with Crippen LogP contribution in [-0.4, -0.2) is 60.1 Å². The number of nitrogens with one attached hydrogen (secondary N) is 2. The number of benzene rings is 5. The summed E-state index contributed by atoms with van der Waals surface area (Å²) in [5.74, 6) is 0.740. The Balaban J connectivity index is 1.11. The molecule has 0 spiro atoms. The smallest absolute Gasteiger partial charge is 0.330 e. The van der Waals surface area contributed by atoms with Crippen molar-refractivity contribution in [2.45, 2.75) is 42.8 Å². The van der Waals surface area contributed by atoms with E-state index >= 15 is 0 Å². The molecule has 1 amide bonds. The quantitative estimate of drug-likeness (QED) is 0.106. The van der Waals surface area contributed by atoms with Crippen LogP contribution in [0.15, 0.2) is 155 Å². The van der Waals surface area contributed by atoms with E-state index in [1.165, 1.54) is 6.20 Å². The average molecular weight is 768 g/mol. The van der Waals surface area contributed by atoms with Crippen LogP contribution in [0.2, 0.25) is 0 Å². The van der Waals surface area contributed by atoms with Gasteiger partial charge in [0.2, 0.25) is 0 Å². The number of aromatic amines is 1. The summed E-state index contributed by atoms with van der Waals surface area (Å²) < 4.78 is 25.3. The van der Waals surface area contributed by atoms with Crippen LogP contribution in [0.4, 0.5) is 0 Å². The molecule has 1 aliphatic rings. The van der Waals surface area contributed by atoms with E-state index in [1.807, 2.05) is 140 Å². The monoisotopic (exact) mass is 767 g/mol. The van der Waals surface area contributed by atoms with Crippen LogP contribution in [0, 0.1) is 0 Å². The number of aromatic nitrogens is 2. The largest absolute Gasteiger partial charge is 0.497 e. The van der Waals surface area contributed by atoms with Crippen molar-refractivity contribution in [3.05, 3.63) is 200 Å². The van der Waals surface area contributed by atoms with Crippen LogP contribution >= 0.6 is 0 Å². The van der Waals surface area contributed by atoms with Gasteiger partial charge in [0, 0.05) is 25.1 Å². The summed E-state index contributed by atoms with van der Waals surface area (Å²) in [6.07, 6.45) is -1.11. The Kier molecular flexibility index (Phi) is 12.1. The molecule has 0 saturated carbocycles. The van der Waals surface area contributed by atoms with Gasteiger partial charge in [-0.05, 0) is 58.5 Å². The molecule has 7 rings (SSSR count). The summed E-state index contributed by atoms with van der Waals surface area (Å²) in [6.45, 7) is 0.190. The van der Waals surface area contributed by atoms with Crippen molar-refractivity contribution in [2.75, 3.05) is 27.4 Å². The van der Waals surface area contributed by atoms with E-state index in [4.69, 9.17) is 18.9 Å². The van der Waals surface area contributed by atoms with Gasteiger partial charge in [-0.2, -0.15) is 0 Å². The predicted molar refractivity (Wildman–Crippen MR) is 216 cm³/mol. The number of hydrogen-bond acceptors (Lipinski definition) is 8. The highest BCUT2D eigenvalue weighted by Crippen LogP contribution is 2.42. The van der Waals surface area contributed by atoms with Gasteiger partial charge in [0.15, 0.2) is 0 Å². The summed E-state index contributed by atoms with van der Waals surface area (Å²) in [7, 11) is 3.21. The zero-order valence-corrected chi connectivity index (χ0v) is 31.7. The zero-order chi connectivity index (χ0) is 39.8. The minimum atomic E-state index is -1.17. The van der Waals surface area contributed by atoms with Gasteiger partial charge in [0.25, 0.3) is 11.5 Å². The van der Waals surface area contributed by atoms with E-state index in [1.54, 1.807) is 14.2 Å². The summed E-state index contributed by atoms with van der Waals surface area (Å²) in [6, 6.07) is 44.9. The molecule has 3 atom stereocenters. The molecule has 1 aromatic heterocycles. The number of hydrogen-bond donors (Lipinski definition) is 3. The zero-order valence-electron chi connectivity index (χ0n) is 31.7. The molecule has 5 aromatic carbocycles. The van der Waals surface area contributed by atoms with E-state index in [-0.39, 0.29) is 31.1 Å². The highest BCUT2D eigenvalue weighted by Gasteiger charge is 2.42. The third-order valence-electron chi connectivity index (χ3n) is 10.5. The van der Waals surface area contributed by atoms with Gasteiger partial charge in [-0.15, -0.1) is 0 Å². The molecule has 0 radical (unpaired) electrons. The Morgan fingerprint density at radius 1 is 0.789 bits per heavy atom. The van der Waals surface area contributed by atoms with E-state index in [9.17, 15) is 19.5 Å². The molecule has 0 aliphatic carbocycles. The molecule has 292 valence electrons. The fourth-order valence-corrected chi connectivity index (χ4v) is 7.50. The van der Waals surface area contributed by atoms with Gasteiger partial charge in [-0.3, -0.25) is 19.1 Å². The van der Waals surface area contributed by atoms with Crippen molar-refractivity contribution >= 4 is 5.91 Å². The van der Waals surface area contributed by atoms with Crippen LogP contribution in [0.1, 0.15) is 63.2 Å². The Labute approximate surface area is 330 Å².